The van der Waals surface area contributed by atoms with Gasteiger partial charge >= 0.3 is 6.03 Å². The first-order valence-corrected chi connectivity index (χ1v) is 9.59. The quantitative estimate of drug-likeness (QED) is 0.738. The zero-order chi connectivity index (χ0) is 20.4. The van der Waals surface area contributed by atoms with Gasteiger partial charge in [-0.05, 0) is 42.5 Å². The average molecular weight is 380 g/mol. The van der Waals surface area contributed by atoms with E-state index >= 15 is 0 Å². The lowest BCUT2D eigenvalue weighted by Crippen LogP contribution is -2.55. The molecule has 0 aromatic heterocycles. The lowest BCUT2D eigenvalue weighted by atomic mass is 9.91. The highest BCUT2D eigenvalue weighted by molar-refractivity contribution is 6.22. The fraction of sp³-hybridized carbons (Fsp3) is 0.524. The first kappa shape index (κ1) is 18.5. The van der Waals surface area contributed by atoms with Crippen LogP contribution in [0.5, 0.6) is 0 Å². The number of benzene rings is 1. The zero-order valence-corrected chi connectivity index (χ0v) is 16.6. The maximum absolute atomic E-state index is 13.2. The third kappa shape index (κ3) is 2.67. The van der Waals surface area contributed by atoms with Gasteiger partial charge in [-0.25, -0.2) is 9.69 Å². The van der Waals surface area contributed by atoms with Gasteiger partial charge in [-0.15, -0.1) is 0 Å². The summed E-state index contributed by atoms with van der Waals surface area (Å²) < 4.78 is 0. The number of hydrogen-bond donors (Lipinski definition) is 0. The third-order valence-corrected chi connectivity index (χ3v) is 5.85. The molecule has 0 aliphatic carbocycles. The molecule has 1 aromatic carbocycles. The van der Waals surface area contributed by atoms with E-state index < -0.39 is 6.04 Å². The number of fused-ring (bicyclic) bond motifs is 5. The fourth-order valence-corrected chi connectivity index (χ4v) is 4.65. The van der Waals surface area contributed by atoms with Crippen LogP contribution in [0, 0.1) is 23.7 Å². The molecule has 7 heteroatoms. The number of hydrogen-bond acceptors (Lipinski definition) is 4. The van der Waals surface area contributed by atoms with Crippen LogP contribution < -0.4 is 4.90 Å². The van der Waals surface area contributed by atoms with Crippen LogP contribution in [0.4, 0.5) is 10.5 Å². The van der Waals surface area contributed by atoms with E-state index in [0.717, 1.165) is 5.56 Å². The van der Waals surface area contributed by atoms with Crippen LogP contribution in [0.15, 0.2) is 18.2 Å². The smallest absolute Gasteiger partial charge is 0.332 e. The third-order valence-electron chi connectivity index (χ3n) is 5.85. The van der Waals surface area contributed by atoms with Crippen molar-refractivity contribution in [2.75, 3.05) is 11.4 Å². The van der Waals surface area contributed by atoms with Gasteiger partial charge in [0.15, 0.2) is 0 Å². The zero-order valence-electron chi connectivity index (χ0n) is 16.6. The molecule has 7 nitrogen and oxygen atoms in total. The van der Waals surface area contributed by atoms with E-state index in [9.17, 15) is 14.4 Å². The minimum Gasteiger partial charge on any atom is -0.335 e. The Balaban J connectivity index is 1.61. The van der Waals surface area contributed by atoms with Crippen LogP contribution in [0.3, 0.4) is 0 Å². The lowest BCUT2D eigenvalue weighted by molar-refractivity contribution is -0.137. The predicted octanol–water partition coefficient (Wildman–Crippen LogP) is 2.42. The van der Waals surface area contributed by atoms with Gasteiger partial charge in [0.25, 0.3) is 5.91 Å². The molecule has 3 saturated heterocycles. The number of amides is 4. The normalized spacial score (nSPS) is 26.1. The van der Waals surface area contributed by atoms with Crippen LogP contribution in [0.2, 0.25) is 0 Å². The van der Waals surface area contributed by atoms with Crippen molar-refractivity contribution < 1.29 is 14.4 Å². The fourth-order valence-electron chi connectivity index (χ4n) is 4.65. The number of aryl methyl sites for hydroxylation is 1. The number of imide groups is 1. The van der Waals surface area contributed by atoms with Gasteiger partial charge in [0.1, 0.15) is 6.04 Å². The van der Waals surface area contributed by atoms with Gasteiger partial charge in [0.05, 0.1) is 29.4 Å². The Hall–Kier alpha value is -2.88. The molecule has 0 radical (unpaired) electrons. The number of urea groups is 1. The van der Waals surface area contributed by atoms with E-state index in [4.69, 9.17) is 5.26 Å². The summed E-state index contributed by atoms with van der Waals surface area (Å²) in [6.45, 7) is 8.33. The summed E-state index contributed by atoms with van der Waals surface area (Å²) >= 11 is 0. The van der Waals surface area contributed by atoms with Gasteiger partial charge in [-0.1, -0.05) is 20.8 Å². The minimum atomic E-state index is -0.605. The molecular formula is C21H24N4O3. The van der Waals surface area contributed by atoms with Gasteiger partial charge in [-0.3, -0.25) is 9.59 Å². The number of likely N-dealkylation sites (tertiary alicyclic amines) is 1. The number of nitrogens with zero attached hydrogens (tertiary/aromatic N) is 4. The van der Waals surface area contributed by atoms with E-state index in [1.807, 2.05) is 20.8 Å². The molecule has 0 spiro atoms. The van der Waals surface area contributed by atoms with Crippen LogP contribution >= 0.6 is 0 Å². The number of anilines is 1. The summed E-state index contributed by atoms with van der Waals surface area (Å²) in [6.07, 6.45) is 1.09. The van der Waals surface area contributed by atoms with E-state index in [-0.39, 0.29) is 35.3 Å². The molecule has 4 amide bonds. The highest BCUT2D eigenvalue weighted by Gasteiger charge is 2.62. The highest BCUT2D eigenvalue weighted by Crippen LogP contribution is 2.43. The van der Waals surface area contributed by atoms with Crippen LogP contribution in [-0.2, 0) is 9.59 Å². The summed E-state index contributed by atoms with van der Waals surface area (Å²) in [5.41, 5.74) is 1.59. The van der Waals surface area contributed by atoms with E-state index in [1.165, 1.54) is 4.90 Å². The Labute approximate surface area is 164 Å². The van der Waals surface area contributed by atoms with Crippen LogP contribution in [-0.4, -0.2) is 52.3 Å². The maximum Gasteiger partial charge on any atom is 0.332 e. The Bertz CT molecular complexity index is 927. The van der Waals surface area contributed by atoms with E-state index in [0.29, 0.717) is 30.6 Å². The second-order valence-corrected chi connectivity index (χ2v) is 9.16. The molecule has 3 heterocycles. The molecule has 146 valence electrons. The Morgan fingerprint density at radius 3 is 2.61 bits per heavy atom. The number of carbonyl (C=O) groups is 3. The number of rotatable bonds is 2. The minimum absolute atomic E-state index is 0.0487. The molecule has 3 aliphatic rings. The van der Waals surface area contributed by atoms with Crippen LogP contribution in [0.25, 0.3) is 0 Å². The average Bonchev–Trinajstić information content (AvgIpc) is 3.25. The molecule has 3 atom stereocenters. The van der Waals surface area contributed by atoms with E-state index in [2.05, 4.69) is 6.07 Å². The topological polar surface area (TPSA) is 84.7 Å². The van der Waals surface area contributed by atoms with Crippen molar-refractivity contribution in [3.8, 4) is 6.07 Å². The largest absolute Gasteiger partial charge is 0.335 e. The summed E-state index contributed by atoms with van der Waals surface area (Å²) in [5.74, 6) is -0.234. The molecule has 2 unspecified atom stereocenters. The molecule has 28 heavy (non-hydrogen) atoms. The van der Waals surface area contributed by atoms with Crippen molar-refractivity contribution in [3.05, 3.63) is 29.3 Å². The number of carbonyl (C=O) groups excluding carboxylic acids is 3. The summed E-state index contributed by atoms with van der Waals surface area (Å²) in [7, 11) is 0. The van der Waals surface area contributed by atoms with Crippen molar-refractivity contribution in [3.63, 3.8) is 0 Å². The second kappa shape index (κ2) is 6.06. The molecule has 0 N–H and O–H groups in total. The van der Waals surface area contributed by atoms with Gasteiger partial charge < -0.3 is 9.80 Å². The van der Waals surface area contributed by atoms with Crippen molar-refractivity contribution in [2.45, 2.75) is 58.7 Å². The molecular weight excluding hydrogens is 356 g/mol. The number of nitriles is 1. The molecule has 2 bridgehead atoms. The maximum atomic E-state index is 13.2. The lowest BCUT2D eigenvalue weighted by Gasteiger charge is -2.36. The monoisotopic (exact) mass is 380 g/mol. The summed E-state index contributed by atoms with van der Waals surface area (Å²) in [6, 6.07) is 5.76. The second-order valence-electron chi connectivity index (χ2n) is 9.16. The molecule has 1 aromatic rings. The van der Waals surface area contributed by atoms with Gasteiger partial charge in [-0.2, -0.15) is 5.26 Å². The molecule has 3 fully saturated rings. The number of piperazine rings is 1. The first-order chi connectivity index (χ1) is 13.1. The van der Waals surface area contributed by atoms with Crippen molar-refractivity contribution in [2.24, 2.45) is 5.41 Å². The Kier molecular flexibility index (Phi) is 4.00. The van der Waals surface area contributed by atoms with Crippen molar-refractivity contribution in [1.82, 2.24) is 9.80 Å². The first-order valence-electron chi connectivity index (χ1n) is 9.59. The molecule has 3 aliphatic heterocycles. The predicted molar refractivity (Wildman–Crippen MR) is 102 cm³/mol. The van der Waals surface area contributed by atoms with Gasteiger partial charge in [0, 0.05) is 13.0 Å². The summed E-state index contributed by atoms with van der Waals surface area (Å²) in [4.78, 5) is 43.6. The molecule has 4 rings (SSSR count). The highest BCUT2D eigenvalue weighted by atomic mass is 16.2. The standard InChI is InChI=1S/C21H24N4O3/c1-12-7-14(6-5-13(12)10-22)25-19(27)18-16-8-15(24(18)20(25)28)11-23(16)17(26)9-21(2,3)4/h5-7,15-16,18H,8-9,11H2,1-4H3/t15?,16?,18-/m1/s1. The molecule has 0 saturated carbocycles. The van der Waals surface area contributed by atoms with Crippen LogP contribution in [0.1, 0.15) is 44.7 Å². The summed E-state index contributed by atoms with van der Waals surface area (Å²) in [5, 5.41) is 9.11. The Morgan fingerprint density at radius 1 is 1.29 bits per heavy atom. The Morgan fingerprint density at radius 2 is 2.00 bits per heavy atom. The van der Waals surface area contributed by atoms with E-state index in [1.54, 1.807) is 34.9 Å². The van der Waals surface area contributed by atoms with Gasteiger partial charge in [0.2, 0.25) is 5.91 Å². The van der Waals surface area contributed by atoms with Crippen molar-refractivity contribution >= 4 is 23.5 Å². The van der Waals surface area contributed by atoms with Crippen molar-refractivity contribution in [1.29, 1.82) is 5.26 Å². The SMILES string of the molecule is Cc1cc(N2C(=O)[C@H]3C4CC(CN4C(=O)CC(C)(C)C)N3C2=O)ccc1C#N.